The van der Waals surface area contributed by atoms with E-state index in [2.05, 4.69) is 5.32 Å². The zero-order valence-electron chi connectivity index (χ0n) is 11.5. The van der Waals surface area contributed by atoms with Gasteiger partial charge in [-0.05, 0) is 45.0 Å². The number of hydrogen-bond acceptors (Lipinski definition) is 4. The Morgan fingerprint density at radius 2 is 1.84 bits per heavy atom. The maximum atomic E-state index is 11.9. The summed E-state index contributed by atoms with van der Waals surface area (Å²) >= 11 is 0. The van der Waals surface area contributed by atoms with Crippen LogP contribution in [0.2, 0.25) is 0 Å². The van der Waals surface area contributed by atoms with Gasteiger partial charge in [0.15, 0.2) is 0 Å². The summed E-state index contributed by atoms with van der Waals surface area (Å²) in [6, 6.07) is 6.56. The average molecular weight is 264 g/mol. The molecule has 0 aliphatic rings. The molecule has 1 amide bonds. The van der Waals surface area contributed by atoms with Crippen LogP contribution in [0.15, 0.2) is 24.3 Å². The summed E-state index contributed by atoms with van der Waals surface area (Å²) < 4.78 is 4.88. The minimum Gasteiger partial charge on any atom is -0.462 e. The zero-order chi connectivity index (χ0) is 14.5. The number of benzene rings is 1. The first-order valence-electron chi connectivity index (χ1n) is 6.19. The Hall–Kier alpha value is -1.88. The van der Waals surface area contributed by atoms with E-state index in [-0.39, 0.29) is 18.4 Å². The molecule has 1 aromatic rings. The quantitative estimate of drug-likeness (QED) is 0.794. The number of esters is 1. The van der Waals surface area contributed by atoms with Crippen molar-refractivity contribution in [1.29, 1.82) is 0 Å². The highest BCUT2D eigenvalue weighted by atomic mass is 16.5. The van der Waals surface area contributed by atoms with Gasteiger partial charge in [-0.15, -0.1) is 0 Å². The second-order valence-corrected chi connectivity index (χ2v) is 4.84. The Bertz CT molecular complexity index is 452. The van der Waals surface area contributed by atoms with E-state index in [4.69, 9.17) is 10.5 Å². The van der Waals surface area contributed by atoms with Gasteiger partial charge in [0.05, 0.1) is 17.6 Å². The number of ether oxygens (including phenoxy) is 1. The number of amides is 1. The Kier molecular flexibility index (Phi) is 5.06. The molecule has 19 heavy (non-hydrogen) atoms. The van der Waals surface area contributed by atoms with Crippen molar-refractivity contribution in [2.75, 3.05) is 18.5 Å². The molecule has 0 heterocycles. The van der Waals surface area contributed by atoms with Gasteiger partial charge in [0.2, 0.25) is 5.91 Å². The topological polar surface area (TPSA) is 81.4 Å². The minimum atomic E-state index is -0.625. The molecule has 0 aliphatic heterocycles. The van der Waals surface area contributed by atoms with E-state index in [1.165, 1.54) is 0 Å². The van der Waals surface area contributed by atoms with Gasteiger partial charge >= 0.3 is 5.97 Å². The summed E-state index contributed by atoms with van der Waals surface area (Å²) in [5.41, 5.74) is 5.99. The van der Waals surface area contributed by atoms with E-state index in [0.717, 1.165) is 0 Å². The molecule has 0 bridgehead atoms. The molecule has 1 rings (SSSR count). The minimum absolute atomic E-state index is 0.154. The van der Waals surface area contributed by atoms with E-state index in [1.54, 1.807) is 45.0 Å². The molecule has 0 saturated carbocycles. The second-order valence-electron chi connectivity index (χ2n) is 4.84. The van der Waals surface area contributed by atoms with Crippen molar-refractivity contribution in [3.8, 4) is 0 Å². The van der Waals surface area contributed by atoms with Crippen LogP contribution in [0.1, 0.15) is 31.1 Å². The fourth-order valence-electron chi connectivity index (χ4n) is 1.30. The number of rotatable bonds is 5. The number of hydrogen-bond donors (Lipinski definition) is 2. The van der Waals surface area contributed by atoms with Crippen molar-refractivity contribution >= 4 is 17.6 Å². The summed E-state index contributed by atoms with van der Waals surface area (Å²) in [6.45, 7) is 5.90. The Morgan fingerprint density at radius 1 is 1.26 bits per heavy atom. The van der Waals surface area contributed by atoms with Crippen LogP contribution >= 0.6 is 0 Å². The highest BCUT2D eigenvalue weighted by Crippen LogP contribution is 2.17. The van der Waals surface area contributed by atoms with Gasteiger partial charge in [-0.1, -0.05) is 0 Å². The van der Waals surface area contributed by atoms with Crippen LogP contribution < -0.4 is 11.1 Å². The molecule has 5 heteroatoms. The molecule has 0 spiro atoms. The maximum absolute atomic E-state index is 11.9. The Labute approximate surface area is 113 Å². The Morgan fingerprint density at radius 3 is 2.32 bits per heavy atom. The smallest absolute Gasteiger partial charge is 0.338 e. The lowest BCUT2D eigenvalue weighted by atomic mass is 9.92. The number of anilines is 1. The molecular weight excluding hydrogens is 244 g/mol. The van der Waals surface area contributed by atoms with Crippen molar-refractivity contribution in [2.45, 2.75) is 20.8 Å². The van der Waals surface area contributed by atoms with Crippen molar-refractivity contribution < 1.29 is 14.3 Å². The zero-order valence-corrected chi connectivity index (χ0v) is 11.5. The van der Waals surface area contributed by atoms with Crippen LogP contribution in [0.25, 0.3) is 0 Å². The highest BCUT2D eigenvalue weighted by Gasteiger charge is 2.25. The fraction of sp³-hybridized carbons (Fsp3) is 0.429. The summed E-state index contributed by atoms with van der Waals surface area (Å²) in [5.74, 6) is -0.526. The molecule has 0 radical (unpaired) electrons. The van der Waals surface area contributed by atoms with Gasteiger partial charge in [0.1, 0.15) is 0 Å². The number of nitrogens with two attached hydrogens (primary N) is 1. The second kappa shape index (κ2) is 6.33. The summed E-state index contributed by atoms with van der Waals surface area (Å²) in [5, 5.41) is 2.76. The molecule has 0 saturated heterocycles. The van der Waals surface area contributed by atoms with Gasteiger partial charge in [0, 0.05) is 12.2 Å². The first-order chi connectivity index (χ1) is 8.90. The lowest BCUT2D eigenvalue weighted by Gasteiger charge is -2.21. The molecule has 0 aromatic heterocycles. The molecule has 0 fully saturated rings. The molecule has 3 N–H and O–H groups in total. The van der Waals surface area contributed by atoms with Crippen LogP contribution in [-0.2, 0) is 9.53 Å². The Balaban J connectivity index is 2.72. The molecule has 5 nitrogen and oxygen atoms in total. The van der Waals surface area contributed by atoms with Gasteiger partial charge in [0.25, 0.3) is 0 Å². The predicted molar refractivity (Wildman–Crippen MR) is 73.9 cm³/mol. The normalized spacial score (nSPS) is 10.9. The van der Waals surface area contributed by atoms with Crippen molar-refractivity contribution in [3.05, 3.63) is 29.8 Å². The molecular formula is C14H20N2O3. The van der Waals surface area contributed by atoms with E-state index in [0.29, 0.717) is 17.9 Å². The predicted octanol–water partition coefficient (Wildman–Crippen LogP) is 1.79. The van der Waals surface area contributed by atoms with Crippen LogP contribution in [0, 0.1) is 5.41 Å². The van der Waals surface area contributed by atoms with Gasteiger partial charge in [-0.25, -0.2) is 4.79 Å². The molecule has 0 unspecified atom stereocenters. The van der Waals surface area contributed by atoms with Crippen molar-refractivity contribution in [1.82, 2.24) is 0 Å². The maximum Gasteiger partial charge on any atom is 0.338 e. The van der Waals surface area contributed by atoms with Crippen LogP contribution in [0.3, 0.4) is 0 Å². The third-order valence-electron chi connectivity index (χ3n) is 2.78. The van der Waals surface area contributed by atoms with Crippen LogP contribution in [0.4, 0.5) is 5.69 Å². The first kappa shape index (κ1) is 15.2. The molecule has 0 aliphatic carbocycles. The van der Waals surface area contributed by atoms with Crippen LogP contribution in [-0.4, -0.2) is 25.0 Å². The van der Waals surface area contributed by atoms with E-state index < -0.39 is 5.41 Å². The highest BCUT2D eigenvalue weighted by molar-refractivity contribution is 5.96. The van der Waals surface area contributed by atoms with Crippen molar-refractivity contribution in [3.63, 3.8) is 0 Å². The first-order valence-corrected chi connectivity index (χ1v) is 6.19. The number of nitrogens with one attached hydrogen (secondary N) is 1. The average Bonchev–Trinajstić information content (AvgIpc) is 2.39. The lowest BCUT2D eigenvalue weighted by Crippen LogP contribution is -2.37. The monoisotopic (exact) mass is 264 g/mol. The largest absolute Gasteiger partial charge is 0.462 e. The fourth-order valence-corrected chi connectivity index (χ4v) is 1.30. The summed E-state index contributed by atoms with van der Waals surface area (Å²) in [7, 11) is 0. The SMILES string of the molecule is CCOC(=O)c1ccc(NC(=O)C(C)(C)CN)cc1. The standard InChI is InChI=1S/C14H20N2O3/c1-4-19-12(17)10-5-7-11(8-6-10)16-13(18)14(2,3)9-15/h5-8H,4,9,15H2,1-3H3,(H,16,18). The third kappa shape index (κ3) is 4.06. The van der Waals surface area contributed by atoms with Gasteiger partial charge in [-0.3, -0.25) is 4.79 Å². The molecule has 0 atom stereocenters. The molecule has 104 valence electrons. The third-order valence-corrected chi connectivity index (χ3v) is 2.78. The van der Waals surface area contributed by atoms with Gasteiger partial charge < -0.3 is 15.8 Å². The number of carbonyl (C=O) groups is 2. The van der Waals surface area contributed by atoms with Gasteiger partial charge in [-0.2, -0.15) is 0 Å². The van der Waals surface area contributed by atoms with E-state index >= 15 is 0 Å². The van der Waals surface area contributed by atoms with E-state index in [1.807, 2.05) is 0 Å². The molecule has 1 aromatic carbocycles. The van der Waals surface area contributed by atoms with Crippen LogP contribution in [0.5, 0.6) is 0 Å². The van der Waals surface area contributed by atoms with Crippen molar-refractivity contribution in [2.24, 2.45) is 11.1 Å². The number of carbonyl (C=O) groups excluding carboxylic acids is 2. The lowest BCUT2D eigenvalue weighted by molar-refractivity contribution is -0.123. The summed E-state index contributed by atoms with van der Waals surface area (Å²) in [6.07, 6.45) is 0. The van der Waals surface area contributed by atoms with E-state index in [9.17, 15) is 9.59 Å². The summed E-state index contributed by atoms with van der Waals surface area (Å²) in [4.78, 5) is 23.4.